The maximum atomic E-state index is 12.0. The third kappa shape index (κ3) is 6.20. The maximum Gasteiger partial charge on any atom is 0.408 e. The van der Waals surface area contributed by atoms with Crippen LogP contribution in [0.5, 0.6) is 0 Å². The molecule has 0 saturated heterocycles. The van der Waals surface area contributed by atoms with E-state index >= 15 is 0 Å². The minimum Gasteiger partial charge on any atom is -0.370 e. The van der Waals surface area contributed by atoms with Crippen LogP contribution in [0, 0.1) is 6.92 Å². The summed E-state index contributed by atoms with van der Waals surface area (Å²) in [5.41, 5.74) is 11.7. The second-order valence-electron chi connectivity index (χ2n) is 4.21. The highest BCUT2D eigenvalue weighted by Gasteiger charge is 2.26. The molecule has 0 unspecified atom stereocenters. The summed E-state index contributed by atoms with van der Waals surface area (Å²) < 4.78 is 35.9. The predicted octanol–water partition coefficient (Wildman–Crippen LogP) is 2.02. The molecule has 1 aromatic heterocycles. The fourth-order valence-corrected chi connectivity index (χ4v) is 2.34. The number of rotatable bonds is 6. The van der Waals surface area contributed by atoms with Crippen LogP contribution in [-0.2, 0) is 6.42 Å². The fourth-order valence-electron chi connectivity index (χ4n) is 1.47. The number of nitrogens with two attached hydrogens (primary N) is 2. The van der Waals surface area contributed by atoms with Crippen LogP contribution in [0.25, 0.3) is 0 Å². The van der Waals surface area contributed by atoms with Gasteiger partial charge in [-0.3, -0.25) is 0 Å². The van der Waals surface area contributed by atoms with Crippen LogP contribution in [0.3, 0.4) is 0 Å². The standard InChI is InChI=1S/C11H18F3N5S/c1-7-8(4-2-3-5-15)18-10(20-7)19-9(16)17-6-11(12,13)14/h2-6,15H2,1H3,(H3,16,17,18,19). The smallest absolute Gasteiger partial charge is 0.370 e. The van der Waals surface area contributed by atoms with Gasteiger partial charge in [-0.15, -0.1) is 11.3 Å². The number of aliphatic imine (C=N–C) groups is 1. The topological polar surface area (TPSA) is 89.3 Å². The van der Waals surface area contributed by atoms with Gasteiger partial charge in [-0.2, -0.15) is 13.2 Å². The van der Waals surface area contributed by atoms with Crippen molar-refractivity contribution in [1.82, 2.24) is 4.98 Å². The molecule has 0 radical (unpaired) electrons. The molecule has 0 amide bonds. The largest absolute Gasteiger partial charge is 0.408 e. The van der Waals surface area contributed by atoms with Crippen LogP contribution in [0.15, 0.2) is 4.99 Å². The van der Waals surface area contributed by atoms with Gasteiger partial charge < -0.3 is 16.8 Å². The van der Waals surface area contributed by atoms with E-state index in [1.54, 1.807) is 0 Å². The van der Waals surface area contributed by atoms with Gasteiger partial charge in [-0.05, 0) is 32.7 Å². The molecule has 114 valence electrons. The Bertz CT molecular complexity index is 455. The van der Waals surface area contributed by atoms with Crippen molar-refractivity contribution in [2.24, 2.45) is 16.5 Å². The molecule has 5 N–H and O–H groups in total. The van der Waals surface area contributed by atoms with Crippen LogP contribution in [0.1, 0.15) is 23.4 Å². The Kier molecular flexibility index (Phi) is 6.21. The fraction of sp³-hybridized carbons (Fsp3) is 0.636. The average Bonchev–Trinajstić information content (AvgIpc) is 2.67. The number of nitrogens with zero attached hydrogens (tertiary/aromatic N) is 2. The molecule has 1 aromatic rings. The third-order valence-corrected chi connectivity index (χ3v) is 3.35. The van der Waals surface area contributed by atoms with Crippen molar-refractivity contribution in [2.45, 2.75) is 32.4 Å². The van der Waals surface area contributed by atoms with Gasteiger partial charge in [-0.1, -0.05) is 0 Å². The summed E-state index contributed by atoms with van der Waals surface area (Å²) >= 11 is 1.34. The van der Waals surface area contributed by atoms with Crippen molar-refractivity contribution < 1.29 is 13.2 Å². The molecule has 5 nitrogen and oxygen atoms in total. The van der Waals surface area contributed by atoms with Gasteiger partial charge in [0.25, 0.3) is 0 Å². The molecule has 20 heavy (non-hydrogen) atoms. The Morgan fingerprint density at radius 1 is 1.40 bits per heavy atom. The highest BCUT2D eigenvalue weighted by molar-refractivity contribution is 7.15. The highest BCUT2D eigenvalue weighted by atomic mass is 32.1. The van der Waals surface area contributed by atoms with Gasteiger partial charge >= 0.3 is 6.18 Å². The van der Waals surface area contributed by atoms with Crippen molar-refractivity contribution in [3.63, 3.8) is 0 Å². The number of anilines is 1. The van der Waals surface area contributed by atoms with E-state index in [9.17, 15) is 13.2 Å². The van der Waals surface area contributed by atoms with E-state index in [1.165, 1.54) is 11.3 Å². The van der Waals surface area contributed by atoms with Crippen molar-refractivity contribution in [3.8, 4) is 0 Å². The van der Waals surface area contributed by atoms with Crippen molar-refractivity contribution in [2.75, 3.05) is 18.4 Å². The molecule has 9 heteroatoms. The Balaban J connectivity index is 2.58. The third-order valence-electron chi connectivity index (χ3n) is 2.42. The SMILES string of the molecule is Cc1sc(NC(N)=NCC(F)(F)F)nc1CCCCN. The Labute approximate surface area is 119 Å². The summed E-state index contributed by atoms with van der Waals surface area (Å²) in [5, 5.41) is 3.03. The van der Waals surface area contributed by atoms with E-state index in [1.807, 2.05) is 6.92 Å². The lowest BCUT2D eigenvalue weighted by Crippen LogP contribution is -2.25. The Hall–Kier alpha value is -1.35. The number of unbranched alkanes of at least 4 members (excludes halogenated alkanes) is 1. The number of alkyl halides is 3. The van der Waals surface area contributed by atoms with Gasteiger partial charge in [0.1, 0.15) is 6.54 Å². The van der Waals surface area contributed by atoms with Crippen LogP contribution in [0.4, 0.5) is 18.3 Å². The van der Waals surface area contributed by atoms with E-state index in [0.29, 0.717) is 11.7 Å². The number of aryl methyl sites for hydroxylation is 2. The number of guanidine groups is 1. The normalized spacial score (nSPS) is 12.8. The molecule has 0 bridgehead atoms. The van der Waals surface area contributed by atoms with Gasteiger partial charge in [0.05, 0.1) is 5.69 Å². The molecule has 0 atom stereocenters. The van der Waals surface area contributed by atoms with Crippen LogP contribution >= 0.6 is 11.3 Å². The molecule has 0 aliphatic heterocycles. The predicted molar refractivity (Wildman–Crippen MR) is 75.0 cm³/mol. The number of aromatic nitrogens is 1. The molecule has 1 rings (SSSR count). The van der Waals surface area contributed by atoms with Gasteiger partial charge in [0.15, 0.2) is 11.1 Å². The molecule has 0 aliphatic carbocycles. The van der Waals surface area contributed by atoms with Crippen LogP contribution < -0.4 is 16.8 Å². The summed E-state index contributed by atoms with van der Waals surface area (Å²) in [7, 11) is 0. The molecule has 0 spiro atoms. The second kappa shape index (κ2) is 7.44. The number of nitrogens with one attached hydrogen (secondary N) is 1. The zero-order chi connectivity index (χ0) is 15.2. The molecule has 0 aliphatic rings. The van der Waals surface area contributed by atoms with Crippen molar-refractivity contribution >= 4 is 22.4 Å². The van der Waals surface area contributed by atoms with Gasteiger partial charge in [0, 0.05) is 4.88 Å². The second-order valence-corrected chi connectivity index (χ2v) is 5.41. The van der Waals surface area contributed by atoms with E-state index in [2.05, 4.69) is 15.3 Å². The monoisotopic (exact) mass is 309 g/mol. The first-order valence-corrected chi connectivity index (χ1v) is 6.93. The number of halogens is 3. The van der Waals surface area contributed by atoms with E-state index < -0.39 is 12.7 Å². The zero-order valence-electron chi connectivity index (χ0n) is 11.1. The van der Waals surface area contributed by atoms with Gasteiger partial charge in [0.2, 0.25) is 0 Å². The van der Waals surface area contributed by atoms with Gasteiger partial charge in [-0.25, -0.2) is 9.98 Å². The lowest BCUT2D eigenvalue weighted by atomic mass is 10.2. The van der Waals surface area contributed by atoms with E-state index in [0.717, 1.165) is 29.8 Å². The number of hydrogen-bond acceptors (Lipinski definition) is 4. The first-order chi connectivity index (χ1) is 9.31. The molecule has 0 saturated carbocycles. The number of thiazole rings is 1. The quantitative estimate of drug-likeness (QED) is 0.426. The van der Waals surface area contributed by atoms with Crippen LogP contribution in [-0.4, -0.2) is 30.2 Å². The number of hydrogen-bond donors (Lipinski definition) is 3. The van der Waals surface area contributed by atoms with Crippen molar-refractivity contribution in [1.29, 1.82) is 0 Å². The highest BCUT2D eigenvalue weighted by Crippen LogP contribution is 2.23. The maximum absolute atomic E-state index is 12.0. The summed E-state index contributed by atoms with van der Waals surface area (Å²) in [4.78, 5) is 8.51. The first-order valence-electron chi connectivity index (χ1n) is 6.12. The first kappa shape index (κ1) is 16.7. The lowest BCUT2D eigenvalue weighted by Gasteiger charge is -2.04. The average molecular weight is 309 g/mol. The van der Waals surface area contributed by atoms with Crippen LogP contribution in [0.2, 0.25) is 0 Å². The minimum absolute atomic E-state index is 0.287. The van der Waals surface area contributed by atoms with E-state index in [4.69, 9.17) is 11.5 Å². The summed E-state index contributed by atoms with van der Waals surface area (Å²) in [6.45, 7) is 1.23. The Morgan fingerprint density at radius 3 is 2.70 bits per heavy atom. The lowest BCUT2D eigenvalue weighted by molar-refractivity contribution is -0.118. The van der Waals surface area contributed by atoms with E-state index in [-0.39, 0.29) is 5.96 Å². The molecule has 1 heterocycles. The Morgan fingerprint density at radius 2 is 2.10 bits per heavy atom. The zero-order valence-corrected chi connectivity index (χ0v) is 11.9. The summed E-state index contributed by atoms with van der Waals surface area (Å²) in [6.07, 6.45) is -1.73. The minimum atomic E-state index is -4.36. The molecule has 0 aromatic carbocycles. The molecular formula is C11H18F3N5S. The molecular weight excluding hydrogens is 291 g/mol. The van der Waals surface area contributed by atoms with Crippen molar-refractivity contribution in [3.05, 3.63) is 10.6 Å². The summed E-state index contributed by atoms with van der Waals surface area (Å²) in [5.74, 6) is -0.287. The summed E-state index contributed by atoms with van der Waals surface area (Å²) in [6, 6.07) is 0. The molecule has 0 fully saturated rings.